The molecule has 1 aromatic carbocycles. The molecular formula is C23H24ClFN4O5S. The molecular weight excluding hydrogens is 499 g/mol. The number of morpholine rings is 1. The van der Waals surface area contributed by atoms with Gasteiger partial charge in [0.25, 0.3) is 0 Å². The summed E-state index contributed by atoms with van der Waals surface area (Å²) in [6.45, 7) is 1.86. The first kappa shape index (κ1) is 25.2. The number of esters is 1. The van der Waals surface area contributed by atoms with Gasteiger partial charge in [-0.15, -0.1) is 11.3 Å². The van der Waals surface area contributed by atoms with Gasteiger partial charge >= 0.3 is 11.9 Å². The number of aromatic nitrogens is 1. The third-order valence-electron chi connectivity index (χ3n) is 5.71. The molecule has 12 heteroatoms. The Morgan fingerprint density at radius 3 is 2.94 bits per heavy atom. The number of nitrogens with one attached hydrogen (secondary N) is 1. The molecule has 2 aliphatic heterocycles. The smallest absolute Gasteiger partial charge is 0.338 e. The molecule has 0 radical (unpaired) electrons. The standard InChI is InChI=1S/C23H24ClFN4O5S/c1-33-23(32)19-17(12-29-7-8-34-14(11-29)3-5-18(30)31)27-21(22-26-6-9-35-22)28-20(19)15-4-2-13(25)10-16(15)24/h2,4,6,9-10,14,20H,3,5,7-8,11-12H2,1H3,(H,27,28)(H,30,31)/t14-,20-/m1/s1. The highest BCUT2D eigenvalue weighted by atomic mass is 35.5. The predicted octanol–water partition coefficient (Wildman–Crippen LogP) is 3.02. The lowest BCUT2D eigenvalue weighted by atomic mass is 9.95. The fraction of sp³-hybridized carbons (Fsp3) is 0.391. The van der Waals surface area contributed by atoms with Crippen LogP contribution in [-0.4, -0.2) is 72.2 Å². The van der Waals surface area contributed by atoms with Gasteiger partial charge in [-0.2, -0.15) is 0 Å². The number of benzene rings is 1. The van der Waals surface area contributed by atoms with Crippen LogP contribution in [0.5, 0.6) is 0 Å². The van der Waals surface area contributed by atoms with E-state index in [1.54, 1.807) is 6.20 Å². The molecule has 0 bridgehead atoms. The summed E-state index contributed by atoms with van der Waals surface area (Å²) in [6, 6.07) is 3.12. The zero-order chi connectivity index (χ0) is 24.9. The van der Waals surface area contributed by atoms with E-state index < -0.39 is 23.8 Å². The largest absolute Gasteiger partial charge is 0.481 e. The number of thiazole rings is 1. The molecule has 3 heterocycles. The molecule has 2 aliphatic rings. The summed E-state index contributed by atoms with van der Waals surface area (Å²) in [5, 5.41) is 14.8. The first-order valence-electron chi connectivity index (χ1n) is 10.9. The Morgan fingerprint density at radius 2 is 2.26 bits per heavy atom. The Balaban J connectivity index is 1.70. The maximum absolute atomic E-state index is 13.8. The normalized spacial score (nSPS) is 20.8. The second-order valence-corrected chi connectivity index (χ2v) is 9.35. The van der Waals surface area contributed by atoms with Crippen molar-refractivity contribution in [1.29, 1.82) is 0 Å². The second-order valence-electron chi connectivity index (χ2n) is 8.05. The number of carbonyl (C=O) groups excluding carboxylic acids is 1. The lowest BCUT2D eigenvalue weighted by molar-refractivity contribution is -0.138. The molecule has 9 nitrogen and oxygen atoms in total. The minimum atomic E-state index is -0.876. The third kappa shape index (κ3) is 6.04. The number of amidine groups is 1. The van der Waals surface area contributed by atoms with E-state index in [4.69, 9.17) is 31.2 Å². The predicted molar refractivity (Wildman–Crippen MR) is 128 cm³/mol. The van der Waals surface area contributed by atoms with Crippen molar-refractivity contribution in [2.24, 2.45) is 4.99 Å². The molecule has 0 unspecified atom stereocenters. The molecule has 4 rings (SSSR count). The number of aliphatic imine (C=N–C) groups is 1. The molecule has 2 aromatic rings. The summed E-state index contributed by atoms with van der Waals surface area (Å²) in [4.78, 5) is 35.1. The second kappa shape index (κ2) is 11.3. The van der Waals surface area contributed by atoms with Crippen molar-refractivity contribution in [3.05, 3.63) is 62.5 Å². The van der Waals surface area contributed by atoms with E-state index >= 15 is 0 Å². The van der Waals surface area contributed by atoms with Crippen LogP contribution in [0.4, 0.5) is 4.39 Å². The van der Waals surface area contributed by atoms with E-state index in [1.165, 1.54) is 36.6 Å². The number of carboxylic acid groups (broad SMARTS) is 1. The Hall–Kier alpha value is -2.86. The van der Waals surface area contributed by atoms with Gasteiger partial charge in [0.05, 0.1) is 25.4 Å². The van der Waals surface area contributed by atoms with Gasteiger partial charge < -0.3 is 19.9 Å². The highest BCUT2D eigenvalue weighted by Gasteiger charge is 2.35. The molecule has 2 atom stereocenters. The van der Waals surface area contributed by atoms with Gasteiger partial charge in [-0.05, 0) is 18.6 Å². The van der Waals surface area contributed by atoms with E-state index in [1.807, 2.05) is 5.38 Å². The van der Waals surface area contributed by atoms with Gasteiger partial charge in [0.15, 0.2) is 10.8 Å². The maximum Gasteiger partial charge on any atom is 0.338 e. The number of aliphatic carboxylic acids is 1. The summed E-state index contributed by atoms with van der Waals surface area (Å²) < 4.78 is 24.6. The topological polar surface area (TPSA) is 113 Å². The van der Waals surface area contributed by atoms with Crippen molar-refractivity contribution in [3.63, 3.8) is 0 Å². The molecule has 186 valence electrons. The van der Waals surface area contributed by atoms with Crippen LogP contribution in [0.3, 0.4) is 0 Å². The van der Waals surface area contributed by atoms with Gasteiger partial charge in [0.2, 0.25) is 0 Å². The third-order valence-corrected chi connectivity index (χ3v) is 6.82. The van der Waals surface area contributed by atoms with Gasteiger partial charge in [-0.1, -0.05) is 17.7 Å². The van der Waals surface area contributed by atoms with Crippen LogP contribution in [0.25, 0.3) is 0 Å². The molecule has 35 heavy (non-hydrogen) atoms. The van der Waals surface area contributed by atoms with Crippen molar-refractivity contribution >= 4 is 40.7 Å². The monoisotopic (exact) mass is 522 g/mol. The Morgan fingerprint density at radius 1 is 1.43 bits per heavy atom. The zero-order valence-corrected chi connectivity index (χ0v) is 20.4. The minimum absolute atomic E-state index is 0.0128. The van der Waals surface area contributed by atoms with Crippen LogP contribution in [0, 0.1) is 5.82 Å². The molecule has 1 saturated heterocycles. The summed E-state index contributed by atoms with van der Waals surface area (Å²) in [5.74, 6) is -1.50. The number of hydrogen-bond acceptors (Lipinski definition) is 9. The molecule has 0 spiro atoms. The highest BCUT2D eigenvalue weighted by Crippen LogP contribution is 2.37. The molecule has 1 aromatic heterocycles. The fourth-order valence-electron chi connectivity index (χ4n) is 4.07. The number of hydrogen-bond donors (Lipinski definition) is 2. The SMILES string of the molecule is COC(=O)C1=C(CN2CCO[C@H](CCC(=O)O)C2)NC(c2nccs2)=N[C@@H]1c1ccc(F)cc1Cl. The van der Waals surface area contributed by atoms with Crippen molar-refractivity contribution in [1.82, 2.24) is 15.2 Å². The average molecular weight is 523 g/mol. The number of carbonyl (C=O) groups is 2. The van der Waals surface area contributed by atoms with Gasteiger partial charge in [0, 0.05) is 53.9 Å². The molecule has 0 aliphatic carbocycles. The van der Waals surface area contributed by atoms with Crippen LogP contribution in [-0.2, 0) is 19.1 Å². The van der Waals surface area contributed by atoms with E-state index in [0.29, 0.717) is 54.8 Å². The first-order valence-corrected chi connectivity index (χ1v) is 12.2. The number of carboxylic acids is 1. The van der Waals surface area contributed by atoms with Gasteiger partial charge in [0.1, 0.15) is 11.9 Å². The van der Waals surface area contributed by atoms with Crippen LogP contribution in [0.2, 0.25) is 5.02 Å². The first-order chi connectivity index (χ1) is 16.9. The van der Waals surface area contributed by atoms with Crippen molar-refractivity contribution in [2.45, 2.75) is 25.0 Å². The van der Waals surface area contributed by atoms with Crippen LogP contribution in [0.1, 0.15) is 29.5 Å². The van der Waals surface area contributed by atoms with Crippen molar-refractivity contribution in [3.8, 4) is 0 Å². The van der Waals surface area contributed by atoms with Gasteiger partial charge in [-0.25, -0.2) is 14.2 Å². The number of methoxy groups -OCH3 is 1. The maximum atomic E-state index is 13.8. The van der Waals surface area contributed by atoms with E-state index in [-0.39, 0.29) is 23.1 Å². The molecule has 0 saturated carbocycles. The summed E-state index contributed by atoms with van der Waals surface area (Å²) >= 11 is 7.76. The van der Waals surface area contributed by atoms with Crippen molar-refractivity contribution < 1.29 is 28.6 Å². The van der Waals surface area contributed by atoms with Gasteiger partial charge in [-0.3, -0.25) is 14.7 Å². The lowest BCUT2D eigenvalue weighted by Gasteiger charge is -2.35. The Bertz CT molecular complexity index is 1160. The lowest BCUT2D eigenvalue weighted by Crippen LogP contribution is -2.46. The summed E-state index contributed by atoms with van der Waals surface area (Å²) in [5.41, 5.74) is 1.28. The van der Waals surface area contributed by atoms with E-state index in [2.05, 4.69) is 15.2 Å². The molecule has 2 N–H and O–H groups in total. The number of halogens is 2. The van der Waals surface area contributed by atoms with Crippen LogP contribution >= 0.6 is 22.9 Å². The number of nitrogens with zero attached hydrogens (tertiary/aromatic N) is 3. The number of ether oxygens (including phenoxy) is 2. The summed E-state index contributed by atoms with van der Waals surface area (Å²) in [7, 11) is 1.28. The van der Waals surface area contributed by atoms with E-state index in [9.17, 15) is 14.0 Å². The zero-order valence-electron chi connectivity index (χ0n) is 18.9. The molecule has 0 amide bonds. The van der Waals surface area contributed by atoms with Crippen LogP contribution < -0.4 is 5.32 Å². The number of rotatable bonds is 8. The van der Waals surface area contributed by atoms with E-state index in [0.717, 1.165) is 0 Å². The Kier molecular flexibility index (Phi) is 8.11. The highest BCUT2D eigenvalue weighted by molar-refractivity contribution is 7.11. The summed E-state index contributed by atoms with van der Waals surface area (Å²) in [6.07, 6.45) is 1.82. The minimum Gasteiger partial charge on any atom is -0.481 e. The Labute approximate surface area is 210 Å². The average Bonchev–Trinajstić information content (AvgIpc) is 3.37. The molecule has 1 fully saturated rings. The van der Waals surface area contributed by atoms with Crippen molar-refractivity contribution in [2.75, 3.05) is 33.4 Å². The quantitative estimate of drug-likeness (QED) is 0.509. The van der Waals surface area contributed by atoms with Crippen LogP contribution in [0.15, 0.2) is 46.0 Å². The fourth-order valence-corrected chi connectivity index (χ4v) is 4.93.